The first kappa shape index (κ1) is 14.7. The minimum atomic E-state index is -0.104. The molecule has 0 saturated heterocycles. The SMILES string of the molecule is NNc1nc(Cl)nc2c1ncn2CC(=O)c1ccc(Cl)cc1. The standard InChI is InChI=1S/C13H10Cl2N6O/c14-8-3-1-7(2-4-8)9(22)5-21-6-17-10-11(20-16)18-13(15)19-12(10)21/h1-4,6H,5,16H2,(H,18,19,20). The quantitative estimate of drug-likeness (QED) is 0.328. The van der Waals surface area contributed by atoms with E-state index in [0.29, 0.717) is 27.6 Å². The van der Waals surface area contributed by atoms with Gasteiger partial charge in [0.25, 0.3) is 0 Å². The Kier molecular flexibility index (Phi) is 3.93. The Morgan fingerprint density at radius 2 is 1.95 bits per heavy atom. The van der Waals surface area contributed by atoms with Crippen LogP contribution in [0.4, 0.5) is 5.82 Å². The molecule has 3 rings (SSSR count). The zero-order valence-electron chi connectivity index (χ0n) is 11.1. The number of Topliss-reactive ketones (excluding diaryl/α,β-unsaturated/α-hetero) is 1. The topological polar surface area (TPSA) is 98.7 Å². The second kappa shape index (κ2) is 5.88. The molecule has 112 valence electrons. The molecule has 0 aliphatic rings. The Hall–Kier alpha value is -2.22. The average Bonchev–Trinajstić information content (AvgIpc) is 2.90. The van der Waals surface area contributed by atoms with Crippen LogP contribution in [0.15, 0.2) is 30.6 Å². The van der Waals surface area contributed by atoms with Gasteiger partial charge >= 0.3 is 0 Å². The van der Waals surface area contributed by atoms with Crippen molar-refractivity contribution in [3.63, 3.8) is 0 Å². The molecule has 0 unspecified atom stereocenters. The highest BCUT2D eigenvalue weighted by atomic mass is 35.5. The Morgan fingerprint density at radius 1 is 1.23 bits per heavy atom. The van der Waals surface area contributed by atoms with Crippen LogP contribution in [-0.2, 0) is 6.54 Å². The van der Waals surface area contributed by atoms with Crippen LogP contribution in [0.5, 0.6) is 0 Å². The molecule has 0 amide bonds. The third-order valence-corrected chi connectivity index (χ3v) is 3.47. The van der Waals surface area contributed by atoms with Gasteiger partial charge in [0.2, 0.25) is 5.28 Å². The van der Waals surface area contributed by atoms with E-state index >= 15 is 0 Å². The number of imidazole rings is 1. The number of anilines is 1. The van der Waals surface area contributed by atoms with Crippen molar-refractivity contribution in [3.05, 3.63) is 46.5 Å². The number of hydrazine groups is 1. The number of hydrogen-bond donors (Lipinski definition) is 2. The monoisotopic (exact) mass is 336 g/mol. The normalized spacial score (nSPS) is 10.9. The van der Waals surface area contributed by atoms with Gasteiger partial charge in [0, 0.05) is 10.6 Å². The molecule has 2 aromatic heterocycles. The molecule has 0 saturated carbocycles. The van der Waals surface area contributed by atoms with Crippen molar-refractivity contribution in [1.29, 1.82) is 0 Å². The lowest BCUT2D eigenvalue weighted by Crippen LogP contribution is -2.12. The number of carbonyl (C=O) groups is 1. The molecule has 0 aliphatic carbocycles. The van der Waals surface area contributed by atoms with E-state index < -0.39 is 0 Å². The maximum Gasteiger partial charge on any atom is 0.226 e. The number of nitrogens with one attached hydrogen (secondary N) is 1. The number of fused-ring (bicyclic) bond motifs is 1. The van der Waals surface area contributed by atoms with Gasteiger partial charge in [-0.25, -0.2) is 10.8 Å². The number of nitrogen functional groups attached to an aromatic ring is 1. The van der Waals surface area contributed by atoms with Crippen molar-refractivity contribution in [2.75, 3.05) is 5.43 Å². The summed E-state index contributed by atoms with van der Waals surface area (Å²) in [6.07, 6.45) is 1.49. The van der Waals surface area contributed by atoms with E-state index in [-0.39, 0.29) is 17.6 Å². The summed E-state index contributed by atoms with van der Waals surface area (Å²) in [5, 5.41) is 0.587. The lowest BCUT2D eigenvalue weighted by molar-refractivity contribution is 0.0973. The molecule has 3 N–H and O–H groups in total. The van der Waals surface area contributed by atoms with Crippen molar-refractivity contribution in [2.24, 2.45) is 5.84 Å². The largest absolute Gasteiger partial charge is 0.307 e. The molecule has 0 spiro atoms. The minimum Gasteiger partial charge on any atom is -0.307 e. The van der Waals surface area contributed by atoms with E-state index in [1.807, 2.05) is 0 Å². The molecule has 0 atom stereocenters. The number of benzene rings is 1. The molecule has 0 fully saturated rings. The average molecular weight is 337 g/mol. The van der Waals surface area contributed by atoms with Crippen LogP contribution in [0, 0.1) is 0 Å². The summed E-state index contributed by atoms with van der Waals surface area (Å²) in [7, 11) is 0. The number of aromatic nitrogens is 4. The van der Waals surface area contributed by atoms with Crippen LogP contribution in [0.3, 0.4) is 0 Å². The third kappa shape index (κ3) is 2.74. The zero-order valence-corrected chi connectivity index (χ0v) is 12.6. The highest BCUT2D eigenvalue weighted by Crippen LogP contribution is 2.20. The molecular weight excluding hydrogens is 327 g/mol. The van der Waals surface area contributed by atoms with E-state index in [4.69, 9.17) is 29.0 Å². The van der Waals surface area contributed by atoms with Crippen LogP contribution < -0.4 is 11.3 Å². The Morgan fingerprint density at radius 3 is 2.64 bits per heavy atom. The number of ketones is 1. The summed E-state index contributed by atoms with van der Waals surface area (Å²) in [4.78, 5) is 24.5. The van der Waals surface area contributed by atoms with Crippen LogP contribution >= 0.6 is 23.2 Å². The number of halogens is 2. The van der Waals surface area contributed by atoms with Gasteiger partial charge < -0.3 is 9.99 Å². The lowest BCUT2D eigenvalue weighted by Gasteiger charge is -2.05. The van der Waals surface area contributed by atoms with Crippen LogP contribution in [0.2, 0.25) is 10.3 Å². The fourth-order valence-electron chi connectivity index (χ4n) is 2.02. The first-order valence-corrected chi connectivity index (χ1v) is 6.98. The van der Waals surface area contributed by atoms with E-state index in [0.717, 1.165) is 0 Å². The lowest BCUT2D eigenvalue weighted by atomic mass is 10.1. The van der Waals surface area contributed by atoms with Gasteiger partial charge in [0.05, 0.1) is 12.9 Å². The van der Waals surface area contributed by atoms with Crippen LogP contribution in [0.1, 0.15) is 10.4 Å². The van der Waals surface area contributed by atoms with Gasteiger partial charge in [-0.15, -0.1) is 0 Å². The van der Waals surface area contributed by atoms with Gasteiger partial charge in [-0.3, -0.25) is 4.79 Å². The summed E-state index contributed by atoms with van der Waals surface area (Å²) in [5.41, 5.74) is 3.82. The van der Waals surface area contributed by atoms with E-state index in [1.165, 1.54) is 6.33 Å². The second-order valence-corrected chi connectivity index (χ2v) is 5.23. The third-order valence-electron chi connectivity index (χ3n) is 3.05. The maximum absolute atomic E-state index is 12.3. The van der Waals surface area contributed by atoms with Gasteiger partial charge in [0.15, 0.2) is 22.8 Å². The smallest absolute Gasteiger partial charge is 0.226 e. The van der Waals surface area contributed by atoms with E-state index in [9.17, 15) is 4.79 Å². The Labute approximate surface area is 135 Å². The fraction of sp³-hybridized carbons (Fsp3) is 0.0769. The fourth-order valence-corrected chi connectivity index (χ4v) is 2.31. The zero-order chi connectivity index (χ0) is 15.7. The molecule has 9 heteroatoms. The molecule has 22 heavy (non-hydrogen) atoms. The number of nitrogens with zero attached hydrogens (tertiary/aromatic N) is 4. The van der Waals surface area contributed by atoms with Crippen molar-refractivity contribution >= 4 is 46.0 Å². The number of nitrogens with two attached hydrogens (primary N) is 1. The van der Waals surface area contributed by atoms with Crippen molar-refractivity contribution in [3.8, 4) is 0 Å². The van der Waals surface area contributed by atoms with Crippen molar-refractivity contribution in [2.45, 2.75) is 6.54 Å². The van der Waals surface area contributed by atoms with Crippen molar-refractivity contribution in [1.82, 2.24) is 19.5 Å². The first-order chi connectivity index (χ1) is 10.6. The summed E-state index contributed by atoms with van der Waals surface area (Å²) in [6, 6.07) is 6.66. The van der Waals surface area contributed by atoms with Gasteiger partial charge in [-0.2, -0.15) is 9.97 Å². The van der Waals surface area contributed by atoms with Crippen molar-refractivity contribution < 1.29 is 4.79 Å². The van der Waals surface area contributed by atoms with E-state index in [2.05, 4.69) is 20.4 Å². The molecule has 0 radical (unpaired) electrons. The summed E-state index contributed by atoms with van der Waals surface area (Å²) in [6.45, 7) is 0.0650. The second-order valence-electron chi connectivity index (χ2n) is 4.46. The maximum atomic E-state index is 12.3. The Balaban J connectivity index is 1.95. The molecule has 0 bridgehead atoms. The summed E-state index contributed by atoms with van der Waals surface area (Å²) >= 11 is 11.7. The number of carbonyl (C=O) groups excluding carboxylic acids is 1. The van der Waals surface area contributed by atoms with Crippen LogP contribution in [0.25, 0.3) is 11.2 Å². The number of rotatable bonds is 4. The van der Waals surface area contributed by atoms with Crippen LogP contribution in [-0.4, -0.2) is 25.3 Å². The number of hydrogen-bond acceptors (Lipinski definition) is 6. The first-order valence-electron chi connectivity index (χ1n) is 6.22. The van der Waals surface area contributed by atoms with Gasteiger partial charge in [0.1, 0.15) is 0 Å². The molecule has 7 nitrogen and oxygen atoms in total. The Bertz CT molecular complexity index is 846. The molecule has 0 aliphatic heterocycles. The highest BCUT2D eigenvalue weighted by Gasteiger charge is 2.14. The van der Waals surface area contributed by atoms with E-state index in [1.54, 1.807) is 28.8 Å². The molecular formula is C13H10Cl2N6O. The van der Waals surface area contributed by atoms with Gasteiger partial charge in [-0.05, 0) is 35.9 Å². The summed E-state index contributed by atoms with van der Waals surface area (Å²) < 4.78 is 1.58. The highest BCUT2D eigenvalue weighted by molar-refractivity contribution is 6.30. The minimum absolute atomic E-state index is 0.0149. The molecule has 3 aromatic rings. The summed E-state index contributed by atoms with van der Waals surface area (Å²) in [5.74, 6) is 5.57. The predicted molar refractivity (Wildman–Crippen MR) is 83.9 cm³/mol. The molecule has 1 aromatic carbocycles. The van der Waals surface area contributed by atoms with Gasteiger partial charge in [-0.1, -0.05) is 11.6 Å². The molecule has 2 heterocycles. The predicted octanol–water partition coefficient (Wildman–Crippen LogP) is 2.30.